The van der Waals surface area contributed by atoms with Gasteiger partial charge >= 0.3 is 0 Å². The van der Waals surface area contributed by atoms with E-state index < -0.39 is 0 Å². The summed E-state index contributed by atoms with van der Waals surface area (Å²) in [6, 6.07) is 13.6. The molecule has 2 aliphatic rings. The molecular formula is C20H22ClN5O. The van der Waals surface area contributed by atoms with Crippen molar-refractivity contribution in [1.29, 1.82) is 5.41 Å². The number of hydrogen-bond acceptors (Lipinski definition) is 6. The Morgan fingerprint density at radius 2 is 2.04 bits per heavy atom. The maximum absolute atomic E-state index is 7.68. The minimum Gasteiger partial charge on any atom is -0.381 e. The summed E-state index contributed by atoms with van der Waals surface area (Å²) in [5.41, 5.74) is 9.92. The molecule has 2 heterocycles. The molecule has 0 radical (unpaired) electrons. The number of hydrazine groups is 1. The first-order valence-corrected chi connectivity index (χ1v) is 9.40. The molecule has 4 N–H and O–H groups in total. The van der Waals surface area contributed by atoms with E-state index in [4.69, 9.17) is 26.7 Å². The van der Waals surface area contributed by atoms with Gasteiger partial charge in [-0.15, -0.1) is 0 Å². The summed E-state index contributed by atoms with van der Waals surface area (Å²) >= 11 is 6.06. The van der Waals surface area contributed by atoms with Gasteiger partial charge in [0.15, 0.2) is 0 Å². The number of nitrogens with one attached hydrogen (secondary N) is 4. The number of aliphatic imine (C=N–C) groups is 1. The fourth-order valence-corrected chi connectivity index (χ4v) is 3.75. The fraction of sp³-hybridized carbons (Fsp3) is 0.300. The number of benzene rings is 2. The Hall–Kier alpha value is -2.41. The second kappa shape index (κ2) is 7.68. The lowest BCUT2D eigenvalue weighted by atomic mass is 9.86. The number of ether oxygens (including phenoxy) is 1. The molecule has 7 heteroatoms. The van der Waals surface area contributed by atoms with Crippen molar-refractivity contribution in [2.75, 3.05) is 18.5 Å². The number of halogens is 1. The predicted octanol–water partition coefficient (Wildman–Crippen LogP) is 3.64. The van der Waals surface area contributed by atoms with E-state index in [2.05, 4.69) is 16.2 Å². The lowest BCUT2D eigenvalue weighted by Gasteiger charge is -2.42. The molecular weight excluding hydrogens is 362 g/mol. The van der Waals surface area contributed by atoms with E-state index in [1.807, 2.05) is 42.5 Å². The lowest BCUT2D eigenvalue weighted by molar-refractivity contribution is 0.0768. The van der Waals surface area contributed by atoms with Crippen LogP contribution in [0.5, 0.6) is 0 Å². The summed E-state index contributed by atoms with van der Waals surface area (Å²) < 4.78 is 5.57. The third-order valence-electron chi connectivity index (χ3n) is 5.01. The Morgan fingerprint density at radius 1 is 1.22 bits per heavy atom. The zero-order valence-electron chi connectivity index (χ0n) is 14.9. The molecule has 2 aromatic rings. The molecule has 27 heavy (non-hydrogen) atoms. The second-order valence-corrected chi connectivity index (χ2v) is 7.21. The van der Waals surface area contributed by atoms with Crippen LogP contribution >= 0.6 is 11.6 Å². The monoisotopic (exact) mass is 383 g/mol. The summed E-state index contributed by atoms with van der Waals surface area (Å²) in [6.07, 6.45) is 2.98. The number of para-hydroxylation sites is 1. The third kappa shape index (κ3) is 3.69. The molecule has 1 fully saturated rings. The Labute approximate surface area is 163 Å². The molecule has 1 spiro atoms. The van der Waals surface area contributed by atoms with Crippen LogP contribution in [-0.2, 0) is 11.3 Å². The molecule has 6 nitrogen and oxygen atoms in total. The molecule has 0 bridgehead atoms. The SMILES string of the molecule is N=Cc1cccc2c1NC1(CCOCC1)C(NNCc1cccc(Cl)c1)=N2. The zero-order valence-corrected chi connectivity index (χ0v) is 15.6. The topological polar surface area (TPSA) is 81.5 Å². The normalized spacial score (nSPS) is 17.6. The van der Waals surface area contributed by atoms with Crippen LogP contribution in [0.4, 0.5) is 11.4 Å². The molecule has 0 atom stereocenters. The third-order valence-corrected chi connectivity index (χ3v) is 5.25. The van der Waals surface area contributed by atoms with Gasteiger partial charge in [-0.2, -0.15) is 0 Å². The van der Waals surface area contributed by atoms with Gasteiger partial charge in [-0.3, -0.25) is 0 Å². The van der Waals surface area contributed by atoms with E-state index in [-0.39, 0.29) is 5.54 Å². The van der Waals surface area contributed by atoms with Crippen LogP contribution in [-0.4, -0.2) is 30.8 Å². The highest BCUT2D eigenvalue weighted by molar-refractivity contribution is 6.30. The second-order valence-electron chi connectivity index (χ2n) is 6.77. The Bertz CT molecular complexity index is 876. The van der Waals surface area contributed by atoms with E-state index in [1.165, 1.54) is 6.21 Å². The molecule has 4 rings (SSSR count). The van der Waals surface area contributed by atoms with E-state index in [1.54, 1.807) is 0 Å². The quantitative estimate of drug-likeness (QED) is 0.480. The average Bonchev–Trinajstić information content (AvgIpc) is 2.69. The van der Waals surface area contributed by atoms with Gasteiger partial charge in [0.2, 0.25) is 0 Å². The van der Waals surface area contributed by atoms with Crippen molar-refractivity contribution >= 4 is 35.0 Å². The molecule has 0 unspecified atom stereocenters. The zero-order chi connectivity index (χ0) is 18.7. The smallest absolute Gasteiger partial charge is 0.142 e. The lowest BCUT2D eigenvalue weighted by Crippen LogP contribution is -2.59. The van der Waals surface area contributed by atoms with Gasteiger partial charge in [0.1, 0.15) is 11.4 Å². The van der Waals surface area contributed by atoms with Crippen molar-refractivity contribution in [3.8, 4) is 0 Å². The number of rotatable bonds is 4. The Kier molecular flexibility index (Phi) is 5.11. The van der Waals surface area contributed by atoms with Crippen molar-refractivity contribution in [3.05, 3.63) is 58.6 Å². The van der Waals surface area contributed by atoms with Crippen LogP contribution < -0.4 is 16.2 Å². The highest BCUT2D eigenvalue weighted by Gasteiger charge is 2.41. The van der Waals surface area contributed by atoms with E-state index >= 15 is 0 Å². The highest BCUT2D eigenvalue weighted by atomic mass is 35.5. The summed E-state index contributed by atoms with van der Waals surface area (Å²) in [4.78, 5) is 4.88. The van der Waals surface area contributed by atoms with Crippen LogP contribution in [0.1, 0.15) is 24.0 Å². The maximum atomic E-state index is 7.68. The van der Waals surface area contributed by atoms with E-state index in [0.29, 0.717) is 19.8 Å². The van der Waals surface area contributed by atoms with Gasteiger partial charge < -0.3 is 20.9 Å². The van der Waals surface area contributed by atoms with Crippen molar-refractivity contribution in [1.82, 2.24) is 10.9 Å². The highest BCUT2D eigenvalue weighted by Crippen LogP contribution is 2.39. The summed E-state index contributed by atoms with van der Waals surface area (Å²) in [5.74, 6) is 0.849. The van der Waals surface area contributed by atoms with Crippen molar-refractivity contribution in [3.63, 3.8) is 0 Å². The van der Waals surface area contributed by atoms with Crippen LogP contribution in [0.25, 0.3) is 0 Å². The number of anilines is 1. The minimum absolute atomic E-state index is 0.328. The van der Waals surface area contributed by atoms with Gasteiger partial charge in [0, 0.05) is 49.4 Å². The van der Waals surface area contributed by atoms with Crippen molar-refractivity contribution in [2.24, 2.45) is 4.99 Å². The largest absolute Gasteiger partial charge is 0.381 e. The average molecular weight is 384 g/mol. The first-order chi connectivity index (χ1) is 13.2. The molecule has 1 saturated heterocycles. The number of fused-ring (bicyclic) bond motifs is 1. The van der Waals surface area contributed by atoms with Crippen LogP contribution in [0.15, 0.2) is 47.5 Å². The first-order valence-electron chi connectivity index (χ1n) is 9.02. The van der Waals surface area contributed by atoms with Crippen LogP contribution in [0, 0.1) is 5.41 Å². The molecule has 0 aromatic heterocycles. The molecule has 0 amide bonds. The molecule has 2 aromatic carbocycles. The van der Waals surface area contributed by atoms with E-state index in [0.717, 1.165) is 46.2 Å². The first kappa shape index (κ1) is 18.0. The van der Waals surface area contributed by atoms with Crippen molar-refractivity contribution < 1.29 is 4.74 Å². The maximum Gasteiger partial charge on any atom is 0.142 e. The van der Waals surface area contributed by atoms with Gasteiger partial charge in [-0.25, -0.2) is 10.4 Å². The van der Waals surface area contributed by atoms with Crippen LogP contribution in [0.2, 0.25) is 5.02 Å². The van der Waals surface area contributed by atoms with E-state index in [9.17, 15) is 0 Å². The Balaban J connectivity index is 1.58. The standard InChI is InChI=1S/C20H22ClN5O/c21-16-5-1-3-14(11-16)13-23-26-19-20(7-9-27-10-8-20)25-18-15(12-22)4-2-6-17(18)24-19/h1-6,11-12,22-23,25H,7-10,13H2,(H,24,26). The predicted molar refractivity (Wildman–Crippen MR) is 109 cm³/mol. The van der Waals surface area contributed by atoms with Gasteiger partial charge in [-0.1, -0.05) is 35.9 Å². The number of hydrogen-bond donors (Lipinski definition) is 4. The van der Waals surface area contributed by atoms with Gasteiger partial charge in [0.05, 0.1) is 11.4 Å². The molecule has 0 saturated carbocycles. The summed E-state index contributed by atoms with van der Waals surface area (Å²) in [6.45, 7) is 1.97. The molecule has 2 aliphatic heterocycles. The summed E-state index contributed by atoms with van der Waals surface area (Å²) in [7, 11) is 0. The number of amidine groups is 1. The molecule has 0 aliphatic carbocycles. The minimum atomic E-state index is -0.328. The fourth-order valence-electron chi connectivity index (χ4n) is 3.54. The Morgan fingerprint density at radius 3 is 2.81 bits per heavy atom. The van der Waals surface area contributed by atoms with Crippen LogP contribution in [0.3, 0.4) is 0 Å². The number of nitrogens with zero attached hydrogens (tertiary/aromatic N) is 1. The van der Waals surface area contributed by atoms with Gasteiger partial charge in [0.25, 0.3) is 0 Å². The molecule has 140 valence electrons. The van der Waals surface area contributed by atoms with Crippen molar-refractivity contribution in [2.45, 2.75) is 24.9 Å². The van der Waals surface area contributed by atoms with Gasteiger partial charge in [-0.05, 0) is 23.8 Å². The summed E-state index contributed by atoms with van der Waals surface area (Å²) in [5, 5.41) is 12.1.